The fourth-order valence-electron chi connectivity index (χ4n) is 4.71. The Morgan fingerprint density at radius 2 is 1.92 bits per heavy atom. The summed E-state index contributed by atoms with van der Waals surface area (Å²) in [5.74, 6) is 2.87. The Bertz CT molecular complexity index is 1350. The van der Waals surface area contributed by atoms with Crippen LogP contribution < -0.4 is 15.5 Å². The average molecular weight is 505 g/mol. The maximum absolute atomic E-state index is 12.5. The topological polar surface area (TPSA) is 103 Å². The first-order valence-electron chi connectivity index (χ1n) is 12.6. The predicted octanol–water partition coefficient (Wildman–Crippen LogP) is 4.44. The number of rotatable bonds is 8. The largest absolute Gasteiger partial charge is 0.353 e. The molecule has 0 spiro atoms. The van der Waals surface area contributed by atoms with Gasteiger partial charge in [0.2, 0.25) is 11.9 Å². The third-order valence-corrected chi connectivity index (χ3v) is 7.19. The summed E-state index contributed by atoms with van der Waals surface area (Å²) in [4.78, 5) is 19.5. The number of piperidine rings is 1. The summed E-state index contributed by atoms with van der Waals surface area (Å²) in [6.45, 7) is 1.56. The van der Waals surface area contributed by atoms with Gasteiger partial charge in [0.1, 0.15) is 5.52 Å². The molecular formula is C26H29ClN8O. The normalized spacial score (nSPS) is 16.4. The van der Waals surface area contributed by atoms with E-state index >= 15 is 0 Å². The van der Waals surface area contributed by atoms with Gasteiger partial charge in [0.15, 0.2) is 11.6 Å². The number of amides is 1. The lowest BCUT2D eigenvalue weighted by Crippen LogP contribution is -2.45. The van der Waals surface area contributed by atoms with Gasteiger partial charge in [-0.2, -0.15) is 10.1 Å². The lowest BCUT2D eigenvalue weighted by atomic mass is 10.0. The number of hydrogen-bond donors (Lipinski definition) is 3. The molecule has 9 nitrogen and oxygen atoms in total. The van der Waals surface area contributed by atoms with Gasteiger partial charge in [-0.05, 0) is 61.9 Å². The Labute approximate surface area is 214 Å². The summed E-state index contributed by atoms with van der Waals surface area (Å²) >= 11 is 5.94. The number of halogens is 1. The molecule has 2 fully saturated rings. The van der Waals surface area contributed by atoms with E-state index in [0.717, 1.165) is 48.6 Å². The second kappa shape index (κ2) is 9.81. The molecule has 4 aromatic rings. The van der Waals surface area contributed by atoms with Crippen LogP contribution in [0.1, 0.15) is 49.3 Å². The number of nitrogens with zero attached hydrogens (tertiary/aromatic N) is 5. The summed E-state index contributed by atoms with van der Waals surface area (Å²) in [5.41, 5.74) is 3.19. The van der Waals surface area contributed by atoms with Crippen molar-refractivity contribution in [3.8, 4) is 0 Å². The number of benzene rings is 1. The predicted molar refractivity (Wildman–Crippen MR) is 140 cm³/mol. The highest BCUT2D eigenvalue weighted by molar-refractivity contribution is 6.30. The van der Waals surface area contributed by atoms with E-state index in [2.05, 4.69) is 31.8 Å². The number of nitrogens with one attached hydrogen (secondary N) is 3. The van der Waals surface area contributed by atoms with E-state index in [1.54, 1.807) is 0 Å². The zero-order chi connectivity index (χ0) is 24.5. The van der Waals surface area contributed by atoms with Crippen LogP contribution >= 0.6 is 11.6 Å². The third kappa shape index (κ3) is 5.16. The number of fused-ring (bicyclic) bond motifs is 1. The molecule has 1 amide bonds. The van der Waals surface area contributed by atoms with Crippen molar-refractivity contribution in [3.63, 3.8) is 0 Å². The number of anilines is 3. The first-order valence-corrected chi connectivity index (χ1v) is 12.9. The Balaban J connectivity index is 1.06. The summed E-state index contributed by atoms with van der Waals surface area (Å²) in [6, 6.07) is 13.8. The second-order valence-corrected chi connectivity index (χ2v) is 10.1. The lowest BCUT2D eigenvalue weighted by Gasteiger charge is -2.32. The van der Waals surface area contributed by atoms with Gasteiger partial charge in [-0.3, -0.25) is 9.89 Å². The van der Waals surface area contributed by atoms with Crippen LogP contribution in [-0.4, -0.2) is 49.8 Å². The van der Waals surface area contributed by atoms with Crippen molar-refractivity contribution in [3.05, 3.63) is 64.9 Å². The smallest absolute Gasteiger partial charge is 0.245 e. The molecule has 1 aromatic carbocycles. The monoisotopic (exact) mass is 504 g/mol. The number of aryl methyl sites for hydroxylation is 1. The molecule has 0 unspecified atom stereocenters. The molecule has 36 heavy (non-hydrogen) atoms. The molecule has 0 radical (unpaired) electrons. The fraction of sp³-hybridized carbons (Fsp3) is 0.385. The minimum atomic E-state index is 0.0875. The summed E-state index contributed by atoms with van der Waals surface area (Å²) in [7, 11) is 0. The summed E-state index contributed by atoms with van der Waals surface area (Å²) < 4.78 is 1.85. The Hall–Kier alpha value is -3.59. The summed E-state index contributed by atoms with van der Waals surface area (Å²) in [6.07, 6.45) is 7.27. The molecule has 186 valence electrons. The molecule has 1 saturated heterocycles. The van der Waals surface area contributed by atoms with Crippen LogP contribution in [0.2, 0.25) is 5.02 Å². The van der Waals surface area contributed by atoms with Gasteiger partial charge in [0.05, 0.1) is 0 Å². The summed E-state index contributed by atoms with van der Waals surface area (Å²) in [5, 5.41) is 19.6. The molecule has 0 bridgehead atoms. The van der Waals surface area contributed by atoms with Gasteiger partial charge >= 0.3 is 0 Å². The van der Waals surface area contributed by atoms with Crippen LogP contribution in [0.4, 0.5) is 17.6 Å². The number of carbonyl (C=O) groups excluding carboxylic acids is 1. The van der Waals surface area contributed by atoms with Gasteiger partial charge in [-0.15, -0.1) is 5.10 Å². The van der Waals surface area contributed by atoms with Crippen LogP contribution in [0, 0.1) is 0 Å². The molecular weight excluding hydrogens is 476 g/mol. The van der Waals surface area contributed by atoms with Crippen LogP contribution in [0.3, 0.4) is 0 Å². The van der Waals surface area contributed by atoms with Crippen molar-refractivity contribution in [2.45, 2.75) is 50.5 Å². The average Bonchev–Trinajstić information content (AvgIpc) is 3.44. The molecule has 1 saturated carbocycles. The second-order valence-electron chi connectivity index (χ2n) is 9.66. The maximum Gasteiger partial charge on any atom is 0.245 e. The van der Waals surface area contributed by atoms with Gasteiger partial charge in [0, 0.05) is 54.4 Å². The van der Waals surface area contributed by atoms with Gasteiger partial charge in [-0.1, -0.05) is 23.7 Å². The van der Waals surface area contributed by atoms with E-state index in [4.69, 9.17) is 21.7 Å². The van der Waals surface area contributed by atoms with Crippen molar-refractivity contribution in [2.24, 2.45) is 0 Å². The molecule has 6 rings (SSSR count). The number of H-pyrrole nitrogens is 1. The van der Waals surface area contributed by atoms with E-state index in [-0.39, 0.29) is 11.9 Å². The number of hydrogen-bond acceptors (Lipinski definition) is 6. The van der Waals surface area contributed by atoms with E-state index in [9.17, 15) is 4.79 Å². The van der Waals surface area contributed by atoms with Crippen molar-refractivity contribution in [1.82, 2.24) is 30.1 Å². The van der Waals surface area contributed by atoms with E-state index in [0.29, 0.717) is 29.7 Å². The standard InChI is InChI=1S/C26H29ClN8O/c27-19-8-3-17(4-9-19)5-10-24(36)28-20-11-14-34(15-12-20)26-30-25(22-2-1-13-35(22)33-26)29-23-16-21(31-32-23)18-6-7-18/h1-4,8-9,13,16,18,20H,5-7,10-12,14-15H2,(H,28,36)(H2,29,30,31,32,33). The zero-order valence-corrected chi connectivity index (χ0v) is 20.7. The van der Waals surface area contributed by atoms with E-state index < -0.39 is 0 Å². The lowest BCUT2D eigenvalue weighted by molar-refractivity contribution is -0.121. The maximum atomic E-state index is 12.5. The van der Waals surface area contributed by atoms with Crippen molar-refractivity contribution in [2.75, 3.05) is 23.3 Å². The molecule has 4 heterocycles. The van der Waals surface area contributed by atoms with Crippen molar-refractivity contribution < 1.29 is 4.79 Å². The first kappa shape index (κ1) is 22.8. The minimum absolute atomic E-state index is 0.0875. The number of carbonyl (C=O) groups is 1. The van der Waals surface area contributed by atoms with Crippen LogP contribution in [0.25, 0.3) is 5.52 Å². The quantitative estimate of drug-likeness (QED) is 0.327. The van der Waals surface area contributed by atoms with Crippen LogP contribution in [-0.2, 0) is 11.2 Å². The number of aromatic amines is 1. The van der Waals surface area contributed by atoms with Gasteiger partial charge in [-0.25, -0.2) is 4.52 Å². The highest BCUT2D eigenvalue weighted by atomic mass is 35.5. The van der Waals surface area contributed by atoms with Crippen molar-refractivity contribution >= 4 is 40.6 Å². The third-order valence-electron chi connectivity index (χ3n) is 6.94. The Morgan fingerprint density at radius 3 is 2.69 bits per heavy atom. The molecule has 2 aliphatic rings. The number of aromatic nitrogens is 5. The SMILES string of the molecule is O=C(CCc1ccc(Cl)cc1)NC1CCN(c2nc(Nc3cc(C4CC4)[nH]n3)c3cccn3n2)CC1. The van der Waals surface area contributed by atoms with Crippen LogP contribution in [0.15, 0.2) is 48.7 Å². The first-order chi connectivity index (χ1) is 17.6. The van der Waals surface area contributed by atoms with Crippen LogP contribution in [0.5, 0.6) is 0 Å². The molecule has 1 aliphatic carbocycles. The highest BCUT2D eigenvalue weighted by Gasteiger charge is 2.26. The Morgan fingerprint density at radius 1 is 1.11 bits per heavy atom. The fourth-order valence-corrected chi connectivity index (χ4v) is 4.83. The highest BCUT2D eigenvalue weighted by Crippen LogP contribution is 2.39. The van der Waals surface area contributed by atoms with E-state index in [1.165, 1.54) is 18.5 Å². The van der Waals surface area contributed by atoms with Crippen molar-refractivity contribution in [1.29, 1.82) is 0 Å². The molecule has 3 N–H and O–H groups in total. The molecule has 10 heteroatoms. The minimum Gasteiger partial charge on any atom is -0.353 e. The Kier molecular flexibility index (Phi) is 6.23. The van der Waals surface area contributed by atoms with Gasteiger partial charge in [0.25, 0.3) is 0 Å². The molecule has 3 aromatic heterocycles. The van der Waals surface area contributed by atoms with Gasteiger partial charge < -0.3 is 15.5 Å². The molecule has 0 atom stereocenters. The molecule has 1 aliphatic heterocycles. The zero-order valence-electron chi connectivity index (χ0n) is 20.0. The van der Waals surface area contributed by atoms with E-state index in [1.807, 2.05) is 47.1 Å².